The van der Waals surface area contributed by atoms with Gasteiger partial charge < -0.3 is 14.9 Å². The summed E-state index contributed by atoms with van der Waals surface area (Å²) in [4.78, 5) is 36.0. The van der Waals surface area contributed by atoms with Crippen molar-refractivity contribution in [1.82, 2.24) is 9.97 Å². The number of amides is 1. The zero-order valence-corrected chi connectivity index (χ0v) is 16.5. The normalized spacial score (nSPS) is 11.4. The predicted molar refractivity (Wildman–Crippen MR) is 107 cm³/mol. The van der Waals surface area contributed by atoms with Gasteiger partial charge in [-0.1, -0.05) is 29.1 Å². The van der Waals surface area contributed by atoms with Crippen molar-refractivity contribution in [1.29, 1.82) is 0 Å². The van der Waals surface area contributed by atoms with Crippen LogP contribution >= 0.6 is 34.4 Å². The van der Waals surface area contributed by atoms with Gasteiger partial charge in [-0.25, -0.2) is 14.8 Å². The minimum atomic E-state index is -0.648. The molecule has 0 aliphatic heterocycles. The van der Waals surface area contributed by atoms with E-state index in [1.165, 1.54) is 18.9 Å². The molecule has 2 heterocycles. The fraction of sp³-hybridized carbons (Fsp3) is 0.188. The summed E-state index contributed by atoms with van der Waals surface area (Å²) in [6.45, 7) is 0.186. The average molecular weight is 423 g/mol. The van der Waals surface area contributed by atoms with Gasteiger partial charge in [0.2, 0.25) is 12.1 Å². The van der Waals surface area contributed by atoms with Gasteiger partial charge in [0.1, 0.15) is 19.4 Å². The number of ether oxygens (including phenoxy) is 1. The Morgan fingerprint density at radius 3 is 3.00 bits per heavy atom. The molecule has 0 atom stereocenters. The van der Waals surface area contributed by atoms with Crippen LogP contribution in [0.5, 0.6) is 0 Å². The molecule has 0 radical (unpaired) electrons. The van der Waals surface area contributed by atoms with E-state index in [0.29, 0.717) is 17.3 Å². The number of anilines is 1. The third kappa shape index (κ3) is 5.02. The second-order valence-electron chi connectivity index (χ2n) is 4.85. The highest BCUT2D eigenvalue weighted by atomic mass is 32.2. The second kappa shape index (κ2) is 9.44. The van der Waals surface area contributed by atoms with Crippen LogP contribution in [0.4, 0.5) is 5.13 Å². The predicted octanol–water partition coefficient (Wildman–Crippen LogP) is 3.01. The Bertz CT molecular complexity index is 936. The monoisotopic (exact) mass is 422 g/mol. The minimum absolute atomic E-state index is 0.0577. The summed E-state index contributed by atoms with van der Waals surface area (Å²) >= 11 is 4.28. The number of thioether (sulfide) groups is 1. The topological polar surface area (TPSA) is 103 Å². The number of esters is 1. The molecule has 3 rings (SSSR count). The minimum Gasteiger partial charge on any atom is -0.460 e. The number of nitrogens with one attached hydrogen (secondary N) is 1. The summed E-state index contributed by atoms with van der Waals surface area (Å²) in [7, 11) is 1.33. The van der Waals surface area contributed by atoms with Crippen molar-refractivity contribution in [3.8, 4) is 0 Å². The van der Waals surface area contributed by atoms with Crippen LogP contribution in [0.2, 0.25) is 0 Å². The molecule has 0 unspecified atom stereocenters. The van der Waals surface area contributed by atoms with Gasteiger partial charge in [-0.3, -0.25) is 4.79 Å². The number of oxime groups is 1. The molecule has 0 bridgehead atoms. The molecule has 0 saturated carbocycles. The van der Waals surface area contributed by atoms with Crippen molar-refractivity contribution in [2.24, 2.45) is 5.16 Å². The van der Waals surface area contributed by atoms with Crippen molar-refractivity contribution in [2.45, 2.75) is 4.34 Å². The molecule has 2 aromatic heterocycles. The Kier molecular flexibility index (Phi) is 6.74. The highest BCUT2D eigenvalue weighted by Crippen LogP contribution is 2.29. The Balaban J connectivity index is 1.54. The first-order valence-corrected chi connectivity index (χ1v) is 10.3. The molecular weight excluding hydrogens is 408 g/mol. The molecule has 0 aliphatic rings. The number of aromatic nitrogens is 2. The lowest BCUT2D eigenvalue weighted by Gasteiger charge is -2.04. The van der Waals surface area contributed by atoms with Crippen molar-refractivity contribution in [2.75, 3.05) is 24.8 Å². The molecule has 1 aromatic carbocycles. The van der Waals surface area contributed by atoms with Crippen LogP contribution in [0.3, 0.4) is 0 Å². The number of carbonyl (C=O) groups excluding carboxylic acids is 2. The molecule has 1 N–H and O–H groups in total. The SMILES string of the molecule is CO/N=C(\C(=O)OCCSc1nc2ccccc2s1)c1csc(NC=O)n1. The van der Waals surface area contributed by atoms with Gasteiger partial charge in [0.05, 0.1) is 10.2 Å². The highest BCUT2D eigenvalue weighted by molar-refractivity contribution is 8.01. The zero-order valence-electron chi connectivity index (χ0n) is 14.1. The quantitative estimate of drug-likeness (QED) is 0.141. The van der Waals surface area contributed by atoms with Gasteiger partial charge in [-0.15, -0.1) is 22.7 Å². The smallest absolute Gasteiger partial charge is 0.362 e. The Hall–Kier alpha value is -2.50. The highest BCUT2D eigenvalue weighted by Gasteiger charge is 2.20. The number of hydrogen-bond donors (Lipinski definition) is 1. The van der Waals surface area contributed by atoms with E-state index in [9.17, 15) is 9.59 Å². The molecule has 0 saturated heterocycles. The number of rotatable bonds is 9. The van der Waals surface area contributed by atoms with Gasteiger partial charge in [0, 0.05) is 11.1 Å². The number of hydrogen-bond acceptors (Lipinski definition) is 10. The van der Waals surface area contributed by atoms with Crippen LogP contribution in [0.15, 0.2) is 39.1 Å². The summed E-state index contributed by atoms with van der Waals surface area (Å²) in [6, 6.07) is 7.91. The first-order chi connectivity index (χ1) is 13.2. The summed E-state index contributed by atoms with van der Waals surface area (Å²) in [5.74, 6) is -0.0920. The number of benzene rings is 1. The number of para-hydroxylation sites is 1. The average Bonchev–Trinajstić information content (AvgIpc) is 3.30. The van der Waals surface area contributed by atoms with Gasteiger partial charge in [-0.2, -0.15) is 0 Å². The van der Waals surface area contributed by atoms with E-state index in [4.69, 9.17) is 9.57 Å². The molecule has 0 fully saturated rings. The van der Waals surface area contributed by atoms with Crippen LogP contribution in [0, 0.1) is 0 Å². The van der Waals surface area contributed by atoms with E-state index >= 15 is 0 Å². The number of fused-ring (bicyclic) bond motifs is 1. The van der Waals surface area contributed by atoms with Crippen LogP contribution in [-0.2, 0) is 19.2 Å². The maximum absolute atomic E-state index is 12.3. The van der Waals surface area contributed by atoms with Gasteiger partial charge in [-0.05, 0) is 12.1 Å². The third-order valence-corrected chi connectivity index (χ3v) is 6.04. The van der Waals surface area contributed by atoms with Crippen LogP contribution in [0.25, 0.3) is 10.2 Å². The molecular formula is C16H14N4O4S3. The number of thiazole rings is 2. The fourth-order valence-corrected chi connectivity index (χ4v) is 4.63. The Labute approximate surface area is 166 Å². The van der Waals surface area contributed by atoms with Gasteiger partial charge >= 0.3 is 5.97 Å². The lowest BCUT2D eigenvalue weighted by molar-refractivity contribution is -0.135. The molecule has 8 nitrogen and oxygen atoms in total. The van der Waals surface area contributed by atoms with Gasteiger partial charge in [0.25, 0.3) is 0 Å². The van der Waals surface area contributed by atoms with Crippen LogP contribution in [0.1, 0.15) is 5.69 Å². The molecule has 140 valence electrons. The van der Waals surface area contributed by atoms with Crippen molar-refractivity contribution in [3.05, 3.63) is 35.3 Å². The largest absolute Gasteiger partial charge is 0.460 e. The van der Waals surface area contributed by atoms with E-state index in [-0.39, 0.29) is 18.0 Å². The summed E-state index contributed by atoms with van der Waals surface area (Å²) in [5, 5.41) is 8.04. The standard InChI is InChI=1S/C16H14N4O4S3/c1-23-20-13(11-8-26-15(18-11)17-9-21)14(22)24-6-7-25-16-19-10-4-2-3-5-12(10)27-16/h2-5,8-9H,6-7H2,1H3,(H,17,18,21)/b20-13-. The maximum atomic E-state index is 12.3. The summed E-state index contributed by atoms with van der Waals surface area (Å²) in [6.07, 6.45) is 0.507. The lowest BCUT2D eigenvalue weighted by Crippen LogP contribution is -2.21. The summed E-state index contributed by atoms with van der Waals surface area (Å²) in [5.41, 5.74) is 1.17. The van der Waals surface area contributed by atoms with Crippen LogP contribution in [-0.4, -0.2) is 47.5 Å². The van der Waals surface area contributed by atoms with Crippen molar-refractivity contribution < 1.29 is 19.2 Å². The van der Waals surface area contributed by atoms with Crippen molar-refractivity contribution in [3.63, 3.8) is 0 Å². The second-order valence-corrected chi connectivity index (χ2v) is 8.09. The molecule has 11 heteroatoms. The fourth-order valence-electron chi connectivity index (χ4n) is 2.02. The van der Waals surface area contributed by atoms with E-state index < -0.39 is 5.97 Å². The summed E-state index contributed by atoms with van der Waals surface area (Å²) < 4.78 is 7.30. The molecule has 0 spiro atoms. The number of nitrogens with zero attached hydrogens (tertiary/aromatic N) is 3. The first-order valence-electron chi connectivity index (χ1n) is 7.64. The van der Waals surface area contributed by atoms with E-state index in [2.05, 4.69) is 20.4 Å². The third-order valence-electron chi connectivity index (χ3n) is 3.12. The van der Waals surface area contributed by atoms with Gasteiger partial charge in [0.15, 0.2) is 9.47 Å². The maximum Gasteiger partial charge on any atom is 0.362 e. The lowest BCUT2D eigenvalue weighted by atomic mass is 10.3. The van der Waals surface area contributed by atoms with E-state index in [1.54, 1.807) is 16.7 Å². The zero-order chi connectivity index (χ0) is 19.1. The van der Waals surface area contributed by atoms with Crippen molar-refractivity contribution >= 4 is 67.9 Å². The Morgan fingerprint density at radius 1 is 1.37 bits per heavy atom. The van der Waals surface area contributed by atoms with Crippen LogP contribution < -0.4 is 5.32 Å². The molecule has 0 aliphatic carbocycles. The Morgan fingerprint density at radius 2 is 2.22 bits per heavy atom. The van der Waals surface area contributed by atoms with E-state index in [0.717, 1.165) is 25.9 Å². The first kappa shape index (κ1) is 19.3. The van der Waals surface area contributed by atoms with E-state index in [1.807, 2.05) is 24.3 Å². The molecule has 3 aromatic rings. The molecule has 1 amide bonds. The number of carbonyl (C=O) groups is 2. The molecule has 27 heavy (non-hydrogen) atoms.